The number of hydrogen-bond donors (Lipinski definition) is 1. The predicted octanol–water partition coefficient (Wildman–Crippen LogP) is 2.84. The molecule has 1 aromatic rings. The first kappa shape index (κ1) is 21.8. The molecule has 5 nitrogen and oxygen atoms in total. The Bertz CT molecular complexity index is 797. The third-order valence-electron chi connectivity index (χ3n) is 5.98. The Kier molecular flexibility index (Phi) is 5.55. The number of halogens is 5. The third-order valence-corrected chi connectivity index (χ3v) is 5.98. The number of rotatable bonds is 4. The van der Waals surface area contributed by atoms with Gasteiger partial charge in [0.15, 0.2) is 17.2 Å². The van der Waals surface area contributed by atoms with E-state index >= 15 is 0 Å². The molecule has 2 heterocycles. The van der Waals surface area contributed by atoms with Crippen molar-refractivity contribution in [3.05, 3.63) is 29.3 Å². The van der Waals surface area contributed by atoms with Crippen LogP contribution in [0.25, 0.3) is 0 Å². The molecule has 2 saturated heterocycles. The van der Waals surface area contributed by atoms with E-state index in [1.165, 1.54) is 6.92 Å². The van der Waals surface area contributed by atoms with Crippen LogP contribution in [0, 0.1) is 17.6 Å². The molecular weight excluding hydrogens is 399 g/mol. The van der Waals surface area contributed by atoms with Crippen molar-refractivity contribution in [1.29, 1.82) is 0 Å². The molecule has 0 saturated carbocycles. The minimum absolute atomic E-state index is 0.0437. The summed E-state index contributed by atoms with van der Waals surface area (Å²) in [6, 6.07) is 1.73. The second-order valence-electron chi connectivity index (χ2n) is 7.87. The number of nitrogens with one attached hydrogen (secondary N) is 1. The SMILES string of the molecule is COc1c([C@H]2[C@H](C(=O)NC3CN(C)C3)O[C@@](C)(C(F)(F)F)[C@H]2C)ccc(F)c1F. The molecule has 0 radical (unpaired) electrons. The van der Waals surface area contributed by atoms with Crippen molar-refractivity contribution in [3.8, 4) is 5.75 Å². The van der Waals surface area contributed by atoms with Crippen LogP contribution in [-0.2, 0) is 9.53 Å². The Morgan fingerprint density at radius 1 is 1.31 bits per heavy atom. The molecule has 2 aliphatic rings. The number of benzene rings is 1. The summed E-state index contributed by atoms with van der Waals surface area (Å²) in [5.41, 5.74) is -2.69. The van der Waals surface area contributed by atoms with Crippen molar-refractivity contribution in [2.75, 3.05) is 27.2 Å². The zero-order valence-electron chi connectivity index (χ0n) is 16.4. The molecule has 2 aliphatic heterocycles. The fourth-order valence-electron chi connectivity index (χ4n) is 4.11. The third kappa shape index (κ3) is 3.56. The monoisotopic (exact) mass is 422 g/mol. The summed E-state index contributed by atoms with van der Waals surface area (Å²) in [4.78, 5) is 14.7. The van der Waals surface area contributed by atoms with E-state index in [0.29, 0.717) is 13.1 Å². The molecule has 3 rings (SSSR count). The lowest BCUT2D eigenvalue weighted by atomic mass is 9.77. The number of methoxy groups -OCH3 is 1. The maximum atomic E-state index is 14.2. The maximum absolute atomic E-state index is 14.2. The average molecular weight is 422 g/mol. The molecule has 0 bridgehead atoms. The molecule has 0 aromatic heterocycles. The van der Waals surface area contributed by atoms with Gasteiger partial charge in [-0.2, -0.15) is 17.6 Å². The highest BCUT2D eigenvalue weighted by Crippen LogP contribution is 2.54. The first-order valence-electron chi connectivity index (χ1n) is 9.16. The lowest BCUT2D eigenvalue weighted by Gasteiger charge is -2.37. The smallest absolute Gasteiger partial charge is 0.417 e. The summed E-state index contributed by atoms with van der Waals surface area (Å²) in [5, 5.41) is 2.68. The molecule has 1 amide bonds. The van der Waals surface area contributed by atoms with E-state index in [2.05, 4.69) is 5.32 Å². The normalized spacial score (nSPS) is 30.9. The summed E-state index contributed by atoms with van der Waals surface area (Å²) in [6.07, 6.45) is -6.32. The van der Waals surface area contributed by atoms with Crippen LogP contribution < -0.4 is 10.1 Å². The van der Waals surface area contributed by atoms with Gasteiger partial charge in [0.25, 0.3) is 0 Å². The van der Waals surface area contributed by atoms with Crippen molar-refractivity contribution in [2.45, 2.75) is 43.7 Å². The molecule has 1 N–H and O–H groups in total. The number of carbonyl (C=O) groups excluding carboxylic acids is 1. The van der Waals surface area contributed by atoms with Crippen molar-refractivity contribution in [3.63, 3.8) is 0 Å². The minimum atomic E-state index is -4.78. The zero-order chi connectivity index (χ0) is 21.7. The zero-order valence-corrected chi connectivity index (χ0v) is 16.4. The number of carbonyl (C=O) groups is 1. The van der Waals surface area contributed by atoms with E-state index in [1.54, 1.807) is 0 Å². The van der Waals surface area contributed by atoms with Crippen LogP contribution >= 0.6 is 0 Å². The van der Waals surface area contributed by atoms with Crippen molar-refractivity contribution in [2.24, 2.45) is 5.92 Å². The highest BCUT2D eigenvalue weighted by Gasteiger charge is 2.66. The molecule has 0 spiro atoms. The van der Waals surface area contributed by atoms with Gasteiger partial charge in [-0.05, 0) is 20.0 Å². The van der Waals surface area contributed by atoms with Gasteiger partial charge in [0, 0.05) is 30.5 Å². The first-order chi connectivity index (χ1) is 13.4. The molecule has 0 aliphatic carbocycles. The minimum Gasteiger partial charge on any atom is -0.493 e. The van der Waals surface area contributed by atoms with Crippen molar-refractivity contribution < 1.29 is 36.2 Å². The quantitative estimate of drug-likeness (QED) is 0.759. The second kappa shape index (κ2) is 7.39. The van der Waals surface area contributed by atoms with Gasteiger partial charge < -0.3 is 19.7 Å². The summed E-state index contributed by atoms with van der Waals surface area (Å²) in [5.74, 6) is -6.23. The summed E-state index contributed by atoms with van der Waals surface area (Å²) >= 11 is 0. The predicted molar refractivity (Wildman–Crippen MR) is 93.6 cm³/mol. The van der Waals surface area contributed by atoms with Gasteiger partial charge >= 0.3 is 6.18 Å². The van der Waals surface area contributed by atoms with Crippen molar-refractivity contribution >= 4 is 5.91 Å². The van der Waals surface area contributed by atoms with Crippen LogP contribution in [0.3, 0.4) is 0 Å². The molecule has 10 heteroatoms. The number of likely N-dealkylation sites (N-methyl/N-ethyl adjacent to an activating group) is 1. The fraction of sp³-hybridized carbons (Fsp3) is 0.632. The lowest BCUT2D eigenvalue weighted by Crippen LogP contribution is -2.59. The number of amides is 1. The topological polar surface area (TPSA) is 50.8 Å². The Morgan fingerprint density at radius 2 is 1.93 bits per heavy atom. The lowest BCUT2D eigenvalue weighted by molar-refractivity contribution is -0.272. The number of ether oxygens (including phenoxy) is 2. The van der Waals surface area contributed by atoms with Crippen LogP contribution in [0.1, 0.15) is 25.3 Å². The highest BCUT2D eigenvalue weighted by atomic mass is 19.4. The fourth-order valence-corrected chi connectivity index (χ4v) is 4.11. The van der Waals surface area contributed by atoms with E-state index in [4.69, 9.17) is 9.47 Å². The highest BCUT2D eigenvalue weighted by molar-refractivity contribution is 5.83. The molecule has 4 atom stereocenters. The number of hydrogen-bond acceptors (Lipinski definition) is 4. The Balaban J connectivity index is 2.03. The number of nitrogens with zero attached hydrogens (tertiary/aromatic N) is 1. The average Bonchev–Trinajstić information content (AvgIpc) is 2.88. The number of likely N-dealkylation sites (tertiary alicyclic amines) is 1. The molecule has 1 aromatic carbocycles. The molecule has 162 valence electrons. The van der Waals surface area contributed by atoms with Crippen molar-refractivity contribution in [1.82, 2.24) is 10.2 Å². The van der Waals surface area contributed by atoms with Gasteiger partial charge in [0.05, 0.1) is 13.2 Å². The number of alkyl halides is 3. The molecule has 0 unspecified atom stereocenters. The maximum Gasteiger partial charge on any atom is 0.417 e. The van der Waals surface area contributed by atoms with Crippen LogP contribution in [0.4, 0.5) is 22.0 Å². The van der Waals surface area contributed by atoms with Gasteiger partial charge in [-0.1, -0.05) is 13.0 Å². The van der Waals surface area contributed by atoms with E-state index < -0.39 is 53.0 Å². The van der Waals surface area contributed by atoms with E-state index in [0.717, 1.165) is 26.2 Å². The standard InChI is InChI=1S/C19H23F5N2O3/c1-9-13(11-5-6-12(20)14(21)15(11)28-4)16(29-18(9,2)19(22,23)24)17(27)25-10-7-26(3)8-10/h5-6,9-10,13,16H,7-8H2,1-4H3,(H,25,27)/t9-,13-,16+,18+/m0/s1. The largest absolute Gasteiger partial charge is 0.493 e. The van der Waals surface area contributed by atoms with Crippen LogP contribution in [0.2, 0.25) is 0 Å². The van der Waals surface area contributed by atoms with Crippen LogP contribution in [0.15, 0.2) is 12.1 Å². The van der Waals surface area contributed by atoms with Crippen LogP contribution in [-0.4, -0.2) is 62.0 Å². The van der Waals surface area contributed by atoms with Crippen LogP contribution in [0.5, 0.6) is 5.75 Å². The summed E-state index contributed by atoms with van der Waals surface area (Å²) < 4.78 is 79.5. The van der Waals surface area contributed by atoms with Gasteiger partial charge in [-0.3, -0.25) is 4.79 Å². The van der Waals surface area contributed by atoms with E-state index in [9.17, 15) is 26.7 Å². The molecular formula is C19H23F5N2O3. The molecule has 2 fully saturated rings. The van der Waals surface area contributed by atoms with Gasteiger partial charge in [0.2, 0.25) is 11.7 Å². The molecule has 29 heavy (non-hydrogen) atoms. The summed E-state index contributed by atoms with van der Waals surface area (Å²) in [6.45, 7) is 3.26. The Hall–Kier alpha value is -1.94. The van der Waals surface area contributed by atoms with E-state index in [-0.39, 0.29) is 11.6 Å². The van der Waals surface area contributed by atoms with E-state index in [1.807, 2.05) is 11.9 Å². The Morgan fingerprint density at radius 3 is 2.45 bits per heavy atom. The van der Waals surface area contributed by atoms with Gasteiger partial charge in [-0.15, -0.1) is 0 Å². The van der Waals surface area contributed by atoms with Gasteiger partial charge in [0.1, 0.15) is 6.10 Å². The Labute approximate surface area is 165 Å². The first-order valence-corrected chi connectivity index (χ1v) is 9.16. The second-order valence-corrected chi connectivity index (χ2v) is 7.87. The summed E-state index contributed by atoms with van der Waals surface area (Å²) in [7, 11) is 2.93. The van der Waals surface area contributed by atoms with Gasteiger partial charge in [-0.25, -0.2) is 4.39 Å².